The maximum absolute atomic E-state index is 12.5. The highest BCUT2D eigenvalue weighted by molar-refractivity contribution is 8.01. The predicted molar refractivity (Wildman–Crippen MR) is 112 cm³/mol. The second-order valence-corrected chi connectivity index (χ2v) is 9.16. The molecule has 1 N–H and O–H groups in total. The zero-order valence-electron chi connectivity index (χ0n) is 14.6. The number of nitrogens with zero attached hydrogens (tertiary/aromatic N) is 4. The Hall–Kier alpha value is -1.68. The average Bonchev–Trinajstić information content (AvgIpc) is 3.09. The van der Waals surface area contributed by atoms with Crippen LogP contribution < -0.4 is 5.32 Å². The molecule has 3 aromatic rings. The third-order valence-electron chi connectivity index (χ3n) is 3.45. The van der Waals surface area contributed by atoms with Crippen LogP contribution in [0.4, 0.5) is 5.13 Å². The summed E-state index contributed by atoms with van der Waals surface area (Å²) < 4.78 is 0.802. The lowest BCUT2D eigenvalue weighted by Crippen LogP contribution is -2.15. The fourth-order valence-corrected chi connectivity index (χ4v) is 4.80. The second-order valence-electron chi connectivity index (χ2n) is 5.32. The minimum Gasteiger partial charge on any atom is -0.295 e. The number of hydrogen-bond donors (Lipinski definition) is 1. The van der Waals surface area contributed by atoms with Gasteiger partial charge in [-0.3, -0.25) is 10.1 Å². The van der Waals surface area contributed by atoms with E-state index in [0.29, 0.717) is 16.0 Å². The van der Waals surface area contributed by atoms with Gasteiger partial charge in [0, 0.05) is 5.75 Å². The normalized spacial score (nSPS) is 10.8. The van der Waals surface area contributed by atoms with Crippen LogP contribution in [0.3, 0.4) is 0 Å². The molecule has 0 fully saturated rings. The van der Waals surface area contributed by atoms with E-state index in [1.54, 1.807) is 11.8 Å². The molecule has 0 spiro atoms. The number of thioether (sulfide) groups is 2. The number of benzene rings is 1. The fourth-order valence-electron chi connectivity index (χ4n) is 2.09. The summed E-state index contributed by atoms with van der Waals surface area (Å²) in [6, 6.07) is 8.12. The summed E-state index contributed by atoms with van der Waals surface area (Å²) in [5.41, 5.74) is 2.52. The third-order valence-corrected chi connectivity index (χ3v) is 6.49. The van der Waals surface area contributed by atoms with Gasteiger partial charge in [-0.15, -0.1) is 10.2 Å². The van der Waals surface area contributed by atoms with E-state index in [9.17, 15) is 4.79 Å². The lowest BCUT2D eigenvalue weighted by atomic mass is 10.1. The van der Waals surface area contributed by atoms with Crippen LogP contribution in [0.1, 0.15) is 28.5 Å². The Morgan fingerprint density at radius 3 is 2.85 bits per heavy atom. The van der Waals surface area contributed by atoms with Crippen LogP contribution in [0.5, 0.6) is 0 Å². The maximum atomic E-state index is 12.5. The zero-order chi connectivity index (χ0) is 19.2. The van der Waals surface area contributed by atoms with Gasteiger partial charge in [-0.25, -0.2) is 9.97 Å². The summed E-state index contributed by atoms with van der Waals surface area (Å²) in [7, 11) is 0. The van der Waals surface area contributed by atoms with Crippen molar-refractivity contribution >= 4 is 57.5 Å². The molecule has 0 atom stereocenters. The van der Waals surface area contributed by atoms with Gasteiger partial charge in [0.25, 0.3) is 5.91 Å². The van der Waals surface area contributed by atoms with Crippen LogP contribution >= 0.6 is 46.5 Å². The minimum absolute atomic E-state index is 0.124. The Labute approximate surface area is 174 Å². The van der Waals surface area contributed by atoms with Crippen LogP contribution in [0.2, 0.25) is 5.02 Å². The average molecular weight is 438 g/mol. The monoisotopic (exact) mass is 437 g/mol. The van der Waals surface area contributed by atoms with Gasteiger partial charge >= 0.3 is 0 Å². The maximum Gasteiger partial charge on any atom is 0.277 e. The summed E-state index contributed by atoms with van der Waals surface area (Å²) in [5, 5.41) is 11.8. The van der Waals surface area contributed by atoms with Crippen LogP contribution in [-0.2, 0) is 5.75 Å². The largest absolute Gasteiger partial charge is 0.295 e. The molecule has 0 aliphatic carbocycles. The molecule has 140 valence electrons. The van der Waals surface area contributed by atoms with Crippen molar-refractivity contribution in [3.8, 4) is 0 Å². The lowest BCUT2D eigenvalue weighted by Gasteiger charge is -2.07. The quantitative estimate of drug-likeness (QED) is 0.318. The first-order valence-corrected chi connectivity index (χ1v) is 11.2. The molecule has 2 aromatic heterocycles. The molecular formula is C17H16ClN5OS3. The number of anilines is 1. The van der Waals surface area contributed by atoms with Crippen molar-refractivity contribution in [2.75, 3.05) is 11.1 Å². The molecule has 0 aliphatic heterocycles. The van der Waals surface area contributed by atoms with Gasteiger partial charge in [0.1, 0.15) is 0 Å². The number of amides is 1. The Kier molecular flexibility index (Phi) is 7.06. The summed E-state index contributed by atoms with van der Waals surface area (Å²) in [6.07, 6.45) is 1.45. The number of aromatic nitrogens is 4. The van der Waals surface area contributed by atoms with Crippen LogP contribution in [0.15, 0.2) is 40.0 Å². The Bertz CT molecular complexity index is 950. The third kappa shape index (κ3) is 5.41. The molecule has 0 saturated heterocycles. The fraction of sp³-hybridized carbons (Fsp3) is 0.235. The van der Waals surface area contributed by atoms with Gasteiger partial charge in [0.15, 0.2) is 15.2 Å². The lowest BCUT2D eigenvalue weighted by molar-refractivity contribution is 0.102. The first-order valence-electron chi connectivity index (χ1n) is 8.04. The molecular weight excluding hydrogens is 422 g/mol. The molecule has 3 rings (SSSR count). The molecule has 0 saturated carbocycles. The number of aryl methyl sites for hydroxylation is 1. The Morgan fingerprint density at radius 2 is 2.07 bits per heavy atom. The molecule has 6 nitrogen and oxygen atoms in total. The van der Waals surface area contributed by atoms with Crippen molar-refractivity contribution in [3.63, 3.8) is 0 Å². The summed E-state index contributed by atoms with van der Waals surface area (Å²) in [6.45, 7) is 4.09. The van der Waals surface area contributed by atoms with Crippen LogP contribution in [0, 0.1) is 6.92 Å². The van der Waals surface area contributed by atoms with Crippen LogP contribution in [0.25, 0.3) is 0 Å². The molecule has 27 heavy (non-hydrogen) atoms. The molecule has 0 radical (unpaired) electrons. The van der Waals surface area contributed by atoms with Crippen molar-refractivity contribution in [2.24, 2.45) is 0 Å². The van der Waals surface area contributed by atoms with Crippen molar-refractivity contribution in [3.05, 3.63) is 52.3 Å². The molecule has 1 aromatic carbocycles. The van der Waals surface area contributed by atoms with E-state index in [-0.39, 0.29) is 10.7 Å². The smallest absolute Gasteiger partial charge is 0.277 e. The second kappa shape index (κ2) is 9.50. The summed E-state index contributed by atoms with van der Waals surface area (Å²) in [4.78, 5) is 21.0. The van der Waals surface area contributed by atoms with E-state index < -0.39 is 5.91 Å². The van der Waals surface area contributed by atoms with Gasteiger partial charge in [0.05, 0.1) is 11.2 Å². The van der Waals surface area contributed by atoms with Crippen molar-refractivity contribution in [1.82, 2.24) is 20.2 Å². The van der Waals surface area contributed by atoms with E-state index in [0.717, 1.165) is 10.1 Å². The highest BCUT2D eigenvalue weighted by Crippen LogP contribution is 2.27. The van der Waals surface area contributed by atoms with Crippen LogP contribution in [-0.4, -0.2) is 31.8 Å². The Morgan fingerprint density at radius 1 is 1.26 bits per heavy atom. The standard InChI is InChI=1S/C17H16ClN5OS3/c1-3-25-17-23-22-16(27-17)21-14(24)13-12(18)8-19-15(20-13)26-9-11-7-5-4-6-10(11)2/h4-8H,3,9H2,1-2H3,(H,21,22,24). The summed E-state index contributed by atoms with van der Waals surface area (Å²) >= 11 is 10.5. The molecule has 0 bridgehead atoms. The number of nitrogens with one attached hydrogen (secondary N) is 1. The van der Waals surface area contributed by atoms with Gasteiger partial charge in [0.2, 0.25) is 5.13 Å². The SMILES string of the molecule is CCSc1nnc(NC(=O)c2nc(SCc3ccccc3C)ncc2Cl)s1. The highest BCUT2D eigenvalue weighted by atomic mass is 35.5. The van der Waals surface area contributed by atoms with E-state index in [1.165, 1.54) is 40.4 Å². The molecule has 10 heteroatoms. The van der Waals surface area contributed by atoms with E-state index in [4.69, 9.17) is 11.6 Å². The number of hydrogen-bond acceptors (Lipinski definition) is 8. The molecule has 2 heterocycles. The van der Waals surface area contributed by atoms with Crippen molar-refractivity contribution in [1.29, 1.82) is 0 Å². The van der Waals surface area contributed by atoms with Gasteiger partial charge in [-0.1, -0.05) is 77.7 Å². The first-order chi connectivity index (χ1) is 13.1. The summed E-state index contributed by atoms with van der Waals surface area (Å²) in [5.74, 6) is 1.18. The van der Waals surface area contributed by atoms with Gasteiger partial charge in [-0.05, 0) is 23.8 Å². The molecule has 0 aliphatic rings. The van der Waals surface area contributed by atoms with E-state index in [2.05, 4.69) is 44.5 Å². The van der Waals surface area contributed by atoms with E-state index >= 15 is 0 Å². The predicted octanol–water partition coefficient (Wildman–Crippen LogP) is 4.95. The zero-order valence-corrected chi connectivity index (χ0v) is 17.8. The first kappa shape index (κ1) is 20.1. The molecule has 1 amide bonds. The minimum atomic E-state index is -0.427. The number of rotatable bonds is 7. The van der Waals surface area contributed by atoms with Crippen molar-refractivity contribution < 1.29 is 4.79 Å². The molecule has 0 unspecified atom stereocenters. The van der Waals surface area contributed by atoms with Gasteiger partial charge < -0.3 is 0 Å². The van der Waals surface area contributed by atoms with E-state index in [1.807, 2.05) is 19.1 Å². The highest BCUT2D eigenvalue weighted by Gasteiger charge is 2.17. The topological polar surface area (TPSA) is 80.7 Å². The Balaban J connectivity index is 1.70. The number of halogens is 1. The number of carbonyl (C=O) groups is 1. The number of carbonyl (C=O) groups excluding carboxylic acids is 1. The van der Waals surface area contributed by atoms with Crippen molar-refractivity contribution in [2.45, 2.75) is 29.1 Å². The van der Waals surface area contributed by atoms with Gasteiger partial charge in [-0.2, -0.15) is 0 Å².